The van der Waals surface area contributed by atoms with Gasteiger partial charge in [0, 0.05) is 18.4 Å². The maximum atomic E-state index is 12.2. The lowest BCUT2D eigenvalue weighted by Crippen LogP contribution is -2.10. The Bertz CT molecular complexity index is 562. The van der Waals surface area contributed by atoms with E-state index in [9.17, 15) is 9.59 Å². The van der Waals surface area contributed by atoms with Gasteiger partial charge in [0.05, 0.1) is 0 Å². The van der Waals surface area contributed by atoms with Crippen LogP contribution >= 0.6 is 0 Å². The molecule has 29 heavy (non-hydrogen) atoms. The van der Waals surface area contributed by atoms with Crippen LogP contribution < -0.4 is 0 Å². The van der Waals surface area contributed by atoms with Crippen LogP contribution in [-0.4, -0.2) is 16.9 Å². The van der Waals surface area contributed by atoms with Gasteiger partial charge < -0.3 is 5.11 Å². The predicted molar refractivity (Wildman–Crippen MR) is 122 cm³/mol. The lowest BCUT2D eigenvalue weighted by atomic mass is 9.96. The number of rotatable bonds is 18. The topological polar surface area (TPSA) is 54.4 Å². The van der Waals surface area contributed by atoms with Gasteiger partial charge in [-0.15, -0.1) is 0 Å². The number of benzene rings is 1. The number of carbonyl (C=O) groups is 2. The van der Waals surface area contributed by atoms with Crippen LogP contribution in [0.5, 0.6) is 0 Å². The zero-order valence-electron chi connectivity index (χ0n) is 18.8. The molecule has 1 atom stereocenters. The molecular weight excluding hydrogens is 360 g/mol. The molecule has 0 saturated heterocycles. The smallest absolute Gasteiger partial charge is 0.303 e. The number of unbranched alkanes of at least 4 members (excludes halogenated alkanes) is 11. The van der Waals surface area contributed by atoms with Crippen LogP contribution in [0, 0.1) is 5.92 Å². The van der Waals surface area contributed by atoms with E-state index in [-0.39, 0.29) is 18.1 Å². The van der Waals surface area contributed by atoms with Crippen LogP contribution in [0.3, 0.4) is 0 Å². The van der Waals surface area contributed by atoms with Crippen molar-refractivity contribution < 1.29 is 14.7 Å². The third-order valence-electron chi connectivity index (χ3n) is 5.65. The largest absolute Gasteiger partial charge is 0.481 e. The quantitative estimate of drug-likeness (QED) is 0.203. The van der Waals surface area contributed by atoms with Gasteiger partial charge >= 0.3 is 5.97 Å². The monoisotopic (exact) mass is 402 g/mol. The summed E-state index contributed by atoms with van der Waals surface area (Å²) in [5.74, 6) is -0.931. The van der Waals surface area contributed by atoms with E-state index in [4.69, 9.17) is 5.11 Å². The van der Waals surface area contributed by atoms with Crippen LogP contribution in [0.1, 0.15) is 120 Å². The molecule has 3 heteroatoms. The Morgan fingerprint density at radius 3 is 1.72 bits per heavy atom. The highest BCUT2D eigenvalue weighted by Crippen LogP contribution is 2.16. The molecule has 1 rings (SSSR count). The first-order valence-electron chi connectivity index (χ1n) is 11.9. The Hall–Kier alpha value is -1.64. The van der Waals surface area contributed by atoms with Crippen molar-refractivity contribution in [2.75, 3.05) is 0 Å². The normalized spacial score (nSPS) is 12.1. The fourth-order valence-electron chi connectivity index (χ4n) is 3.83. The number of aryl methyl sites for hydroxylation is 1. The SMILES string of the molecule is CCCCCCCCCCCCCCc1ccc(C(=O)CC(C)CC(=O)O)cc1. The Balaban J connectivity index is 2.08. The third kappa shape index (κ3) is 13.2. The Kier molecular flexibility index (Phi) is 14.2. The van der Waals surface area contributed by atoms with Gasteiger partial charge in [-0.2, -0.15) is 0 Å². The average molecular weight is 403 g/mol. The van der Waals surface area contributed by atoms with E-state index in [2.05, 4.69) is 6.92 Å². The molecule has 0 aliphatic rings. The summed E-state index contributed by atoms with van der Waals surface area (Å²) >= 11 is 0. The predicted octanol–water partition coefficient (Wildman–Crippen LogP) is 7.61. The van der Waals surface area contributed by atoms with Gasteiger partial charge in [0.1, 0.15) is 0 Å². The second-order valence-electron chi connectivity index (χ2n) is 8.67. The molecule has 0 radical (unpaired) electrons. The molecular formula is C26H42O3. The summed E-state index contributed by atoms with van der Waals surface area (Å²) in [5, 5.41) is 8.80. The molecule has 0 spiro atoms. The molecule has 0 aliphatic carbocycles. The minimum Gasteiger partial charge on any atom is -0.481 e. The maximum absolute atomic E-state index is 12.2. The molecule has 0 saturated carbocycles. The minimum absolute atomic E-state index is 0.0377. The van der Waals surface area contributed by atoms with Crippen molar-refractivity contribution in [3.63, 3.8) is 0 Å². The summed E-state index contributed by atoms with van der Waals surface area (Å²) in [5.41, 5.74) is 1.98. The first kappa shape index (κ1) is 25.4. The van der Waals surface area contributed by atoms with E-state index in [0.717, 1.165) is 6.42 Å². The summed E-state index contributed by atoms with van der Waals surface area (Å²) in [7, 11) is 0. The van der Waals surface area contributed by atoms with Crippen molar-refractivity contribution in [3.05, 3.63) is 35.4 Å². The summed E-state index contributed by atoms with van der Waals surface area (Å²) in [4.78, 5) is 22.9. The van der Waals surface area contributed by atoms with Crippen LogP contribution in [0.4, 0.5) is 0 Å². The fourth-order valence-corrected chi connectivity index (χ4v) is 3.83. The van der Waals surface area contributed by atoms with Crippen molar-refractivity contribution >= 4 is 11.8 Å². The zero-order chi connectivity index (χ0) is 21.3. The summed E-state index contributed by atoms with van der Waals surface area (Å²) < 4.78 is 0. The molecule has 1 unspecified atom stereocenters. The minimum atomic E-state index is -0.844. The first-order chi connectivity index (χ1) is 14.0. The molecule has 0 fully saturated rings. The summed E-state index contributed by atoms with van der Waals surface area (Å²) in [6.07, 6.45) is 17.7. The lowest BCUT2D eigenvalue weighted by molar-refractivity contribution is -0.137. The number of ketones is 1. The number of Topliss-reactive ketones (excluding diaryl/α,β-unsaturated/α-hetero) is 1. The molecule has 3 nitrogen and oxygen atoms in total. The van der Waals surface area contributed by atoms with Gasteiger partial charge in [-0.3, -0.25) is 9.59 Å². The first-order valence-corrected chi connectivity index (χ1v) is 11.9. The standard InChI is InChI=1S/C26H42O3/c1-3-4-5-6-7-8-9-10-11-12-13-14-15-23-16-18-24(19-17-23)25(27)20-22(2)21-26(28)29/h16-19,22H,3-15,20-21H2,1-2H3,(H,28,29). The lowest BCUT2D eigenvalue weighted by Gasteiger charge is -2.08. The van der Waals surface area contributed by atoms with Gasteiger partial charge in [-0.05, 0) is 24.3 Å². The average Bonchev–Trinajstić information content (AvgIpc) is 2.68. The molecule has 0 amide bonds. The number of hydrogen-bond acceptors (Lipinski definition) is 2. The van der Waals surface area contributed by atoms with Crippen molar-refractivity contribution in [3.8, 4) is 0 Å². The summed E-state index contributed by atoms with van der Waals surface area (Å²) in [6.45, 7) is 4.08. The van der Waals surface area contributed by atoms with Crippen molar-refractivity contribution in [1.29, 1.82) is 0 Å². The van der Waals surface area contributed by atoms with E-state index in [1.807, 2.05) is 31.2 Å². The van der Waals surface area contributed by atoms with Crippen molar-refractivity contribution in [1.82, 2.24) is 0 Å². The molecule has 0 aromatic heterocycles. The molecule has 0 heterocycles. The number of aliphatic carboxylic acids is 1. The van der Waals surface area contributed by atoms with Crippen LogP contribution in [0.15, 0.2) is 24.3 Å². The van der Waals surface area contributed by atoms with E-state index >= 15 is 0 Å². The van der Waals surface area contributed by atoms with E-state index < -0.39 is 5.97 Å². The Morgan fingerprint density at radius 2 is 1.24 bits per heavy atom. The van der Waals surface area contributed by atoms with E-state index in [1.165, 1.54) is 82.6 Å². The van der Waals surface area contributed by atoms with Gasteiger partial charge in [-0.25, -0.2) is 0 Å². The Morgan fingerprint density at radius 1 is 0.759 bits per heavy atom. The number of carboxylic acid groups (broad SMARTS) is 1. The van der Waals surface area contributed by atoms with Crippen LogP contribution in [0.25, 0.3) is 0 Å². The highest BCUT2D eigenvalue weighted by Gasteiger charge is 2.14. The van der Waals surface area contributed by atoms with Gasteiger partial charge in [0.25, 0.3) is 0 Å². The zero-order valence-corrected chi connectivity index (χ0v) is 18.8. The highest BCUT2D eigenvalue weighted by atomic mass is 16.4. The summed E-state index contributed by atoms with van der Waals surface area (Å²) in [6, 6.07) is 7.89. The molecule has 164 valence electrons. The molecule has 1 aromatic rings. The van der Waals surface area contributed by atoms with E-state index in [1.54, 1.807) is 0 Å². The van der Waals surface area contributed by atoms with E-state index in [0.29, 0.717) is 12.0 Å². The third-order valence-corrected chi connectivity index (χ3v) is 5.65. The maximum Gasteiger partial charge on any atom is 0.303 e. The number of carbonyl (C=O) groups excluding carboxylic acids is 1. The highest BCUT2D eigenvalue weighted by molar-refractivity contribution is 5.96. The van der Waals surface area contributed by atoms with Gasteiger partial charge in [0.2, 0.25) is 0 Å². The van der Waals surface area contributed by atoms with Crippen molar-refractivity contribution in [2.24, 2.45) is 5.92 Å². The second-order valence-corrected chi connectivity index (χ2v) is 8.67. The fraction of sp³-hybridized carbons (Fsp3) is 0.692. The van der Waals surface area contributed by atoms with Crippen LogP contribution in [0.2, 0.25) is 0 Å². The van der Waals surface area contributed by atoms with Crippen LogP contribution in [-0.2, 0) is 11.2 Å². The number of hydrogen-bond donors (Lipinski definition) is 1. The Labute approximate surface area is 178 Å². The van der Waals surface area contributed by atoms with Gasteiger partial charge in [-0.1, -0.05) is 109 Å². The van der Waals surface area contributed by atoms with Gasteiger partial charge in [0.15, 0.2) is 5.78 Å². The second kappa shape index (κ2) is 16.2. The molecule has 1 N–H and O–H groups in total. The van der Waals surface area contributed by atoms with Crippen molar-refractivity contribution in [2.45, 2.75) is 110 Å². The molecule has 1 aromatic carbocycles. The molecule has 0 aliphatic heterocycles. The number of carboxylic acids is 1. The molecule has 0 bridgehead atoms.